The van der Waals surface area contributed by atoms with Crippen LogP contribution in [0.5, 0.6) is 0 Å². The molecule has 7 heteroatoms. The predicted octanol–water partition coefficient (Wildman–Crippen LogP) is 1.58. The minimum Gasteiger partial charge on any atom is -0.267 e. The van der Waals surface area contributed by atoms with E-state index in [1.165, 1.54) is 11.8 Å². The van der Waals surface area contributed by atoms with Crippen LogP contribution in [0.3, 0.4) is 0 Å². The molecule has 0 amide bonds. The molecule has 0 saturated heterocycles. The molecule has 2 aromatic rings. The predicted molar refractivity (Wildman–Crippen MR) is 83.4 cm³/mol. The summed E-state index contributed by atoms with van der Waals surface area (Å²) in [7, 11) is 0. The van der Waals surface area contributed by atoms with Crippen LogP contribution in [0.25, 0.3) is 11.0 Å². The maximum atomic E-state index is 9.00. The Morgan fingerprint density at radius 2 is 2.40 bits per heavy atom. The van der Waals surface area contributed by atoms with Crippen molar-refractivity contribution in [2.45, 2.75) is 12.2 Å². The first-order valence-corrected chi connectivity index (χ1v) is 7.15. The zero-order chi connectivity index (χ0) is 14.4. The zero-order valence-corrected chi connectivity index (χ0v) is 12.0. The molecular formula is C13H11ClN5S+. The highest BCUT2D eigenvalue weighted by atomic mass is 35.5. The molecule has 0 aliphatic carbocycles. The maximum absolute atomic E-state index is 9.00. The van der Waals surface area contributed by atoms with Gasteiger partial charge in [-0.3, -0.25) is 5.73 Å². The van der Waals surface area contributed by atoms with E-state index in [9.17, 15) is 0 Å². The molecule has 0 unspecified atom stereocenters. The van der Waals surface area contributed by atoms with Gasteiger partial charge in [-0.15, -0.1) is 0 Å². The lowest BCUT2D eigenvalue weighted by Crippen LogP contribution is -2.10. The number of aromatic nitrogens is 2. The van der Waals surface area contributed by atoms with E-state index in [0.29, 0.717) is 23.0 Å². The van der Waals surface area contributed by atoms with Crippen LogP contribution in [0.15, 0.2) is 24.5 Å². The molecule has 0 aliphatic heterocycles. The number of nitriles is 1. The number of hydrogen-bond acceptors (Lipinski definition) is 4. The normalized spacial score (nSPS) is 9.80. The number of halogens is 1. The molecule has 100 valence electrons. The summed E-state index contributed by atoms with van der Waals surface area (Å²) >= 11 is 6.71. The van der Waals surface area contributed by atoms with E-state index in [0.717, 1.165) is 22.2 Å². The van der Waals surface area contributed by atoms with Crippen LogP contribution in [0.1, 0.15) is 11.1 Å². The molecule has 5 nitrogen and oxygen atoms in total. The fourth-order valence-electron chi connectivity index (χ4n) is 1.77. The molecule has 0 spiro atoms. The number of nitrogens with two attached hydrogens (primary N) is 1. The summed E-state index contributed by atoms with van der Waals surface area (Å²) in [6.07, 6.45) is 3.72. The minimum absolute atomic E-state index is 0.305. The third kappa shape index (κ3) is 3.28. The van der Waals surface area contributed by atoms with Gasteiger partial charge in [-0.05, 0) is 46.6 Å². The Bertz CT molecular complexity index is 731. The molecule has 0 fully saturated rings. The molecule has 2 aromatic heterocycles. The van der Waals surface area contributed by atoms with Crippen LogP contribution in [0, 0.1) is 11.3 Å². The van der Waals surface area contributed by atoms with Gasteiger partial charge in [0.15, 0.2) is 5.65 Å². The van der Waals surface area contributed by atoms with Gasteiger partial charge in [-0.25, -0.2) is 9.97 Å². The fraction of sp³-hybridized carbons (Fsp3) is 0.154. The van der Waals surface area contributed by atoms with Gasteiger partial charge in [0.25, 0.3) is 5.67 Å². The van der Waals surface area contributed by atoms with Gasteiger partial charge in [-0.2, -0.15) is 9.93 Å². The smallest absolute Gasteiger partial charge is 0.267 e. The topological polar surface area (TPSA) is 89.7 Å². The largest absolute Gasteiger partial charge is 0.403 e. The van der Waals surface area contributed by atoms with E-state index in [1.807, 2.05) is 12.1 Å². The number of rotatable bonds is 3. The van der Waals surface area contributed by atoms with Crippen LogP contribution in [-0.2, 0) is 12.2 Å². The standard InChI is InChI=1S/C13H10ClN5S/c14-8-19-13(16)20-7-9-6-18-12-11(2-1-5-17-12)10(9)3-4-15/h1-2,5-6,8,16H,3,7H2/p+1. The number of fused-ring (bicyclic) bond motifs is 1. The van der Waals surface area contributed by atoms with Crippen LogP contribution in [0.2, 0.25) is 0 Å². The summed E-state index contributed by atoms with van der Waals surface area (Å²) in [5.41, 5.74) is 9.32. The van der Waals surface area contributed by atoms with Crippen LogP contribution < -0.4 is 10.4 Å². The lowest BCUT2D eigenvalue weighted by Gasteiger charge is -2.07. The van der Waals surface area contributed by atoms with Crippen LogP contribution in [0.4, 0.5) is 0 Å². The lowest BCUT2D eigenvalue weighted by molar-refractivity contribution is 1.16. The average Bonchev–Trinajstić information content (AvgIpc) is 2.47. The van der Waals surface area contributed by atoms with Crippen molar-refractivity contribution in [2.24, 2.45) is 5.73 Å². The molecule has 2 heterocycles. The second kappa shape index (κ2) is 6.92. The summed E-state index contributed by atoms with van der Waals surface area (Å²) in [5.74, 6) is 0.578. The first-order chi connectivity index (χ1) is 9.76. The quantitative estimate of drug-likeness (QED) is 0.528. The van der Waals surface area contributed by atoms with Gasteiger partial charge in [0.1, 0.15) is 0 Å². The monoisotopic (exact) mass is 304 g/mol. The van der Waals surface area contributed by atoms with Crippen molar-refractivity contribution >= 4 is 45.2 Å². The van der Waals surface area contributed by atoms with E-state index in [1.54, 1.807) is 12.4 Å². The highest BCUT2D eigenvalue weighted by Gasteiger charge is 2.11. The SMILES string of the molecule is N#CCc1c(CSC(N)=[N+]=CCl)cnc2ncccc12. The number of nitrogens with zero attached hydrogens (tertiary/aromatic N) is 4. The lowest BCUT2D eigenvalue weighted by atomic mass is 10.0. The Kier molecular flexibility index (Phi) is 4.97. The Morgan fingerprint density at radius 3 is 3.15 bits per heavy atom. The van der Waals surface area contributed by atoms with Gasteiger partial charge < -0.3 is 0 Å². The average molecular weight is 305 g/mol. The molecule has 20 heavy (non-hydrogen) atoms. The number of thioether (sulfide) groups is 1. The third-order valence-electron chi connectivity index (χ3n) is 2.65. The van der Waals surface area contributed by atoms with Crippen molar-refractivity contribution in [1.29, 1.82) is 5.26 Å². The highest BCUT2D eigenvalue weighted by molar-refractivity contribution is 8.13. The Balaban J connectivity index is 2.40. The second-order valence-electron chi connectivity index (χ2n) is 3.83. The van der Waals surface area contributed by atoms with E-state index >= 15 is 0 Å². The van der Waals surface area contributed by atoms with Gasteiger partial charge in [0.2, 0.25) is 0 Å². The molecular weight excluding hydrogens is 294 g/mol. The first-order valence-electron chi connectivity index (χ1n) is 5.72. The summed E-state index contributed by atoms with van der Waals surface area (Å²) in [6, 6.07) is 5.93. The Labute approximate surface area is 125 Å². The van der Waals surface area contributed by atoms with Gasteiger partial charge in [-0.1, -0.05) is 0 Å². The highest BCUT2D eigenvalue weighted by Crippen LogP contribution is 2.22. The molecule has 0 saturated carbocycles. The summed E-state index contributed by atoms with van der Waals surface area (Å²) < 4.78 is 3.78. The zero-order valence-electron chi connectivity index (χ0n) is 10.5. The van der Waals surface area contributed by atoms with Crippen molar-refractivity contribution in [3.63, 3.8) is 0 Å². The second-order valence-corrected chi connectivity index (χ2v) is 5.02. The molecule has 0 atom stereocenters. The van der Waals surface area contributed by atoms with E-state index in [2.05, 4.69) is 20.7 Å². The molecule has 2 N–H and O–H groups in total. The molecule has 0 bridgehead atoms. The third-order valence-corrected chi connectivity index (χ3v) is 3.60. The number of hydrogen-bond donors (Lipinski definition) is 1. The van der Waals surface area contributed by atoms with Gasteiger partial charge in [0, 0.05) is 23.5 Å². The van der Waals surface area contributed by atoms with Crippen molar-refractivity contribution < 1.29 is 0 Å². The summed E-state index contributed by atoms with van der Waals surface area (Å²) in [6.45, 7) is 0. The maximum Gasteiger partial charge on any atom is 0.403 e. The summed E-state index contributed by atoms with van der Waals surface area (Å²) in [4.78, 5) is 8.49. The van der Waals surface area contributed by atoms with E-state index in [-0.39, 0.29) is 0 Å². The fourth-order valence-corrected chi connectivity index (χ4v) is 2.62. The number of pyridine rings is 2. The molecule has 0 radical (unpaired) electrons. The molecule has 0 aromatic carbocycles. The van der Waals surface area contributed by atoms with Crippen LogP contribution >= 0.6 is 23.4 Å². The minimum atomic E-state index is 0.305. The number of amidine groups is 1. The summed E-state index contributed by atoms with van der Waals surface area (Å²) in [5, 5.41) is 10.3. The van der Waals surface area contributed by atoms with E-state index in [4.69, 9.17) is 22.6 Å². The molecule has 2 rings (SSSR count). The van der Waals surface area contributed by atoms with Crippen LogP contribution in [-0.4, -0.2) is 20.8 Å². The van der Waals surface area contributed by atoms with Crippen molar-refractivity contribution in [1.82, 2.24) is 14.6 Å². The van der Waals surface area contributed by atoms with Crippen molar-refractivity contribution in [3.8, 4) is 6.07 Å². The Morgan fingerprint density at radius 1 is 1.55 bits per heavy atom. The Hall–Kier alpha value is -2.06. The molecule has 0 aliphatic rings. The van der Waals surface area contributed by atoms with Crippen molar-refractivity contribution in [2.75, 3.05) is 0 Å². The van der Waals surface area contributed by atoms with E-state index < -0.39 is 0 Å². The van der Waals surface area contributed by atoms with Crippen molar-refractivity contribution in [3.05, 3.63) is 35.7 Å². The van der Waals surface area contributed by atoms with Gasteiger partial charge >= 0.3 is 5.17 Å². The first kappa shape index (κ1) is 14.4. The van der Waals surface area contributed by atoms with Gasteiger partial charge in [0.05, 0.1) is 12.5 Å².